The van der Waals surface area contributed by atoms with Gasteiger partial charge in [0.25, 0.3) is 0 Å². The quantitative estimate of drug-likeness (QED) is 0.487. The van der Waals surface area contributed by atoms with Gasteiger partial charge in [0.1, 0.15) is 12.4 Å². The molecule has 0 bridgehead atoms. The molecule has 0 radical (unpaired) electrons. The van der Waals surface area contributed by atoms with Crippen LogP contribution in [0.2, 0.25) is 0 Å². The maximum absolute atomic E-state index is 6.17. The SMILES string of the molecule is CC.CC(C)N(CCc1c[nH]c2cccc(OCc3ccccc3)c12)C(C)C. The maximum atomic E-state index is 6.17. The molecule has 0 unspecified atom stereocenters. The smallest absolute Gasteiger partial charge is 0.129 e. The minimum Gasteiger partial charge on any atom is -0.488 e. The predicted molar refractivity (Wildman–Crippen MR) is 121 cm³/mol. The molecule has 0 aliphatic carbocycles. The lowest BCUT2D eigenvalue weighted by atomic mass is 10.1. The van der Waals surface area contributed by atoms with E-state index in [2.05, 4.69) is 74.1 Å². The number of ether oxygens (including phenoxy) is 1. The fourth-order valence-corrected chi connectivity index (χ4v) is 3.63. The van der Waals surface area contributed by atoms with Crippen molar-refractivity contribution in [3.63, 3.8) is 0 Å². The van der Waals surface area contributed by atoms with Gasteiger partial charge < -0.3 is 9.72 Å². The third-order valence-electron chi connectivity index (χ3n) is 4.95. The van der Waals surface area contributed by atoms with Crippen molar-refractivity contribution in [2.24, 2.45) is 0 Å². The van der Waals surface area contributed by atoms with Crippen LogP contribution in [-0.4, -0.2) is 28.5 Å². The van der Waals surface area contributed by atoms with Crippen LogP contribution >= 0.6 is 0 Å². The van der Waals surface area contributed by atoms with Gasteiger partial charge in [0.15, 0.2) is 0 Å². The number of fused-ring (bicyclic) bond motifs is 1. The Labute approximate surface area is 170 Å². The van der Waals surface area contributed by atoms with Gasteiger partial charge in [-0.25, -0.2) is 0 Å². The number of rotatable bonds is 8. The Morgan fingerprint density at radius 3 is 2.21 bits per heavy atom. The van der Waals surface area contributed by atoms with Crippen molar-refractivity contribution >= 4 is 10.9 Å². The Kier molecular flexibility index (Phi) is 8.59. The van der Waals surface area contributed by atoms with E-state index in [9.17, 15) is 0 Å². The van der Waals surface area contributed by atoms with E-state index in [0.717, 1.165) is 24.2 Å². The fourth-order valence-electron chi connectivity index (χ4n) is 3.63. The van der Waals surface area contributed by atoms with Gasteiger partial charge >= 0.3 is 0 Å². The normalized spacial score (nSPS) is 11.2. The molecule has 3 rings (SSSR count). The van der Waals surface area contributed by atoms with Gasteiger partial charge in [-0.05, 0) is 57.4 Å². The van der Waals surface area contributed by atoms with Crippen LogP contribution in [0.15, 0.2) is 54.7 Å². The molecule has 152 valence electrons. The Bertz CT molecular complexity index is 813. The van der Waals surface area contributed by atoms with Gasteiger partial charge in [-0.2, -0.15) is 0 Å². The molecule has 3 nitrogen and oxygen atoms in total. The van der Waals surface area contributed by atoms with Crippen LogP contribution in [0.4, 0.5) is 0 Å². The maximum Gasteiger partial charge on any atom is 0.129 e. The second-order valence-electron chi connectivity index (χ2n) is 7.44. The van der Waals surface area contributed by atoms with Crippen molar-refractivity contribution in [2.75, 3.05) is 6.54 Å². The molecule has 0 atom stereocenters. The Balaban J connectivity index is 0.00000136. The van der Waals surface area contributed by atoms with Crippen LogP contribution < -0.4 is 4.74 Å². The first-order valence-electron chi connectivity index (χ1n) is 10.6. The molecule has 0 aliphatic heterocycles. The molecule has 0 spiro atoms. The monoisotopic (exact) mass is 380 g/mol. The van der Waals surface area contributed by atoms with Crippen molar-refractivity contribution in [3.8, 4) is 5.75 Å². The first kappa shape index (κ1) is 22.0. The highest BCUT2D eigenvalue weighted by Crippen LogP contribution is 2.30. The van der Waals surface area contributed by atoms with E-state index in [-0.39, 0.29) is 0 Å². The second kappa shape index (κ2) is 10.9. The lowest BCUT2D eigenvalue weighted by molar-refractivity contribution is 0.177. The number of benzene rings is 2. The van der Waals surface area contributed by atoms with E-state index in [1.165, 1.54) is 16.5 Å². The molecular formula is C25H36N2O. The summed E-state index contributed by atoms with van der Waals surface area (Å²) in [6.07, 6.45) is 3.15. The molecule has 2 aromatic carbocycles. The van der Waals surface area contributed by atoms with Crippen LogP contribution in [0.1, 0.15) is 52.7 Å². The third kappa shape index (κ3) is 5.62. The summed E-state index contributed by atoms with van der Waals surface area (Å²) in [4.78, 5) is 5.94. The van der Waals surface area contributed by atoms with Gasteiger partial charge in [0.2, 0.25) is 0 Å². The molecule has 0 saturated carbocycles. The predicted octanol–water partition coefficient (Wildman–Crippen LogP) is 6.43. The highest BCUT2D eigenvalue weighted by Gasteiger charge is 2.15. The molecule has 0 saturated heterocycles. The first-order chi connectivity index (χ1) is 13.6. The van der Waals surface area contributed by atoms with Crippen LogP contribution in [0.25, 0.3) is 10.9 Å². The number of nitrogens with one attached hydrogen (secondary N) is 1. The summed E-state index contributed by atoms with van der Waals surface area (Å²) in [5.74, 6) is 0.961. The lowest BCUT2D eigenvalue weighted by Gasteiger charge is -2.30. The first-order valence-corrected chi connectivity index (χ1v) is 10.6. The average molecular weight is 381 g/mol. The van der Waals surface area contributed by atoms with Crippen LogP contribution in [0.3, 0.4) is 0 Å². The summed E-state index contributed by atoms with van der Waals surface area (Å²) >= 11 is 0. The van der Waals surface area contributed by atoms with Gasteiger partial charge in [-0.3, -0.25) is 4.90 Å². The molecule has 1 heterocycles. The molecule has 0 amide bonds. The van der Waals surface area contributed by atoms with Crippen molar-refractivity contribution < 1.29 is 4.74 Å². The molecule has 1 N–H and O–H groups in total. The van der Waals surface area contributed by atoms with E-state index in [4.69, 9.17) is 4.74 Å². The lowest BCUT2D eigenvalue weighted by Crippen LogP contribution is -2.38. The van der Waals surface area contributed by atoms with Crippen LogP contribution in [0.5, 0.6) is 5.75 Å². The minimum absolute atomic E-state index is 0.550. The second-order valence-corrected chi connectivity index (χ2v) is 7.44. The highest BCUT2D eigenvalue weighted by molar-refractivity contribution is 5.89. The summed E-state index contributed by atoms with van der Waals surface area (Å²) in [5.41, 5.74) is 3.66. The molecule has 0 fully saturated rings. The Morgan fingerprint density at radius 2 is 1.57 bits per heavy atom. The average Bonchev–Trinajstić information content (AvgIpc) is 3.12. The minimum atomic E-state index is 0.550. The van der Waals surface area contributed by atoms with Crippen molar-refractivity contribution in [1.82, 2.24) is 9.88 Å². The molecule has 0 aliphatic rings. The van der Waals surface area contributed by atoms with Gasteiger partial charge in [0, 0.05) is 35.7 Å². The number of aromatic amines is 1. The van der Waals surface area contributed by atoms with Crippen LogP contribution in [-0.2, 0) is 13.0 Å². The summed E-state index contributed by atoms with van der Waals surface area (Å²) < 4.78 is 6.17. The van der Waals surface area contributed by atoms with E-state index in [1.54, 1.807) is 0 Å². The largest absolute Gasteiger partial charge is 0.488 e. The van der Waals surface area contributed by atoms with Gasteiger partial charge in [-0.1, -0.05) is 50.2 Å². The molecule has 1 aromatic heterocycles. The van der Waals surface area contributed by atoms with E-state index >= 15 is 0 Å². The Hall–Kier alpha value is -2.26. The number of H-pyrrole nitrogens is 1. The van der Waals surface area contributed by atoms with Crippen molar-refractivity contribution in [3.05, 3.63) is 65.9 Å². The zero-order chi connectivity index (χ0) is 20.5. The van der Waals surface area contributed by atoms with E-state index in [0.29, 0.717) is 18.7 Å². The molecule has 3 aromatic rings. The van der Waals surface area contributed by atoms with E-state index < -0.39 is 0 Å². The van der Waals surface area contributed by atoms with Gasteiger partial charge in [0.05, 0.1) is 0 Å². The fraction of sp³-hybridized carbons (Fsp3) is 0.440. The standard InChI is InChI=1S/C23H30N2O.C2H6/c1-17(2)25(18(3)4)14-13-20-15-24-21-11-8-12-22(23(20)21)26-16-19-9-6-5-7-10-19;1-2/h5-12,15,17-18,24H,13-14,16H2,1-4H3;1-2H3. The number of nitrogens with zero attached hydrogens (tertiary/aromatic N) is 1. The highest BCUT2D eigenvalue weighted by atomic mass is 16.5. The number of hydrogen-bond donors (Lipinski definition) is 1. The zero-order valence-electron chi connectivity index (χ0n) is 18.3. The van der Waals surface area contributed by atoms with E-state index in [1.807, 2.05) is 32.0 Å². The number of hydrogen-bond acceptors (Lipinski definition) is 2. The van der Waals surface area contributed by atoms with Crippen LogP contribution in [0, 0.1) is 0 Å². The molecular weight excluding hydrogens is 344 g/mol. The van der Waals surface area contributed by atoms with Crippen molar-refractivity contribution in [2.45, 2.75) is 66.7 Å². The summed E-state index contributed by atoms with van der Waals surface area (Å²) in [7, 11) is 0. The summed E-state index contributed by atoms with van der Waals surface area (Å²) in [6, 6.07) is 17.7. The topological polar surface area (TPSA) is 28.3 Å². The summed E-state index contributed by atoms with van der Waals surface area (Å²) in [6.45, 7) is 14.7. The van der Waals surface area contributed by atoms with Crippen molar-refractivity contribution in [1.29, 1.82) is 0 Å². The summed E-state index contributed by atoms with van der Waals surface area (Å²) in [5, 5.41) is 1.22. The molecule has 3 heteroatoms. The zero-order valence-corrected chi connectivity index (χ0v) is 18.3. The number of aromatic nitrogens is 1. The van der Waals surface area contributed by atoms with Gasteiger partial charge in [-0.15, -0.1) is 0 Å². The third-order valence-corrected chi connectivity index (χ3v) is 4.95. The molecule has 28 heavy (non-hydrogen) atoms. The Morgan fingerprint density at radius 1 is 0.893 bits per heavy atom.